The zero-order chi connectivity index (χ0) is 21.3. The number of rotatable bonds is 5. The van der Waals surface area contributed by atoms with Crippen molar-refractivity contribution in [3.63, 3.8) is 0 Å². The number of amides is 1. The zero-order valence-electron chi connectivity index (χ0n) is 16.1. The minimum Gasteiger partial charge on any atom is -0.465 e. The van der Waals surface area contributed by atoms with Crippen LogP contribution in [0, 0.1) is 0 Å². The van der Waals surface area contributed by atoms with Gasteiger partial charge in [0.2, 0.25) is 5.96 Å². The van der Waals surface area contributed by atoms with E-state index in [0.717, 1.165) is 5.69 Å². The van der Waals surface area contributed by atoms with Crippen molar-refractivity contribution in [2.75, 3.05) is 12.4 Å². The quantitative estimate of drug-likeness (QED) is 0.369. The van der Waals surface area contributed by atoms with Gasteiger partial charge in [0.05, 0.1) is 24.9 Å². The third-order valence-corrected chi connectivity index (χ3v) is 4.26. The molecule has 0 saturated heterocycles. The number of nitrogens with zero attached hydrogens (tertiary/aromatic N) is 2. The Kier molecular flexibility index (Phi) is 7.13. The van der Waals surface area contributed by atoms with Crippen molar-refractivity contribution in [2.24, 2.45) is 4.99 Å². The van der Waals surface area contributed by atoms with Gasteiger partial charge in [-0.25, -0.2) is 9.79 Å². The van der Waals surface area contributed by atoms with E-state index >= 15 is 0 Å². The highest BCUT2D eigenvalue weighted by Gasteiger charge is 2.11. The number of benzene rings is 2. The molecule has 7 nitrogen and oxygen atoms in total. The summed E-state index contributed by atoms with van der Waals surface area (Å²) in [5.74, 6) is -0.610. The molecule has 0 spiro atoms. The fourth-order valence-corrected chi connectivity index (χ4v) is 2.65. The fraction of sp³-hybridized carbons (Fsp3) is 0.0909. The van der Waals surface area contributed by atoms with Gasteiger partial charge in [-0.2, -0.15) is 0 Å². The molecule has 0 fully saturated rings. The summed E-state index contributed by atoms with van der Waals surface area (Å²) in [6, 6.07) is 18.7. The van der Waals surface area contributed by atoms with Gasteiger partial charge in [-0.3, -0.25) is 15.1 Å². The second-order valence-electron chi connectivity index (χ2n) is 6.14. The van der Waals surface area contributed by atoms with Gasteiger partial charge in [-0.1, -0.05) is 23.7 Å². The number of methoxy groups -OCH3 is 1. The van der Waals surface area contributed by atoms with Gasteiger partial charge < -0.3 is 10.1 Å². The van der Waals surface area contributed by atoms with E-state index in [0.29, 0.717) is 21.8 Å². The predicted octanol–water partition coefficient (Wildman–Crippen LogP) is 3.92. The van der Waals surface area contributed by atoms with Crippen molar-refractivity contribution in [3.05, 3.63) is 94.8 Å². The zero-order valence-corrected chi connectivity index (χ0v) is 16.9. The number of nitrogens with one attached hydrogen (secondary N) is 2. The van der Waals surface area contributed by atoms with Crippen LogP contribution in [0.5, 0.6) is 0 Å². The Bertz CT molecular complexity index is 1050. The summed E-state index contributed by atoms with van der Waals surface area (Å²) in [6.07, 6.45) is 1.67. The Morgan fingerprint density at radius 3 is 2.53 bits per heavy atom. The smallest absolute Gasteiger partial charge is 0.337 e. The normalized spacial score (nSPS) is 10.9. The van der Waals surface area contributed by atoms with Gasteiger partial charge in [-0.15, -0.1) is 0 Å². The number of aliphatic imine (C=N–C) groups is 1. The van der Waals surface area contributed by atoms with E-state index in [-0.39, 0.29) is 18.4 Å². The average Bonchev–Trinajstić information content (AvgIpc) is 2.78. The van der Waals surface area contributed by atoms with Crippen LogP contribution in [0.4, 0.5) is 5.69 Å². The largest absolute Gasteiger partial charge is 0.465 e. The summed E-state index contributed by atoms with van der Waals surface area (Å²) >= 11 is 5.89. The summed E-state index contributed by atoms with van der Waals surface area (Å²) < 4.78 is 4.75. The highest BCUT2D eigenvalue weighted by atomic mass is 35.5. The highest BCUT2D eigenvalue weighted by Crippen LogP contribution is 2.13. The maximum atomic E-state index is 12.6. The van der Waals surface area contributed by atoms with E-state index < -0.39 is 5.97 Å². The Morgan fingerprint density at radius 1 is 1.03 bits per heavy atom. The van der Waals surface area contributed by atoms with Crippen LogP contribution >= 0.6 is 11.6 Å². The molecule has 8 heteroatoms. The minimum atomic E-state index is -0.462. The van der Waals surface area contributed by atoms with E-state index in [9.17, 15) is 9.59 Å². The third-order valence-electron chi connectivity index (χ3n) is 4.01. The third kappa shape index (κ3) is 5.89. The molecule has 0 aliphatic carbocycles. The molecular formula is C22H19ClN4O3. The Morgan fingerprint density at radius 2 is 1.83 bits per heavy atom. The lowest BCUT2D eigenvalue weighted by atomic mass is 10.2. The van der Waals surface area contributed by atoms with Crippen molar-refractivity contribution in [3.8, 4) is 0 Å². The van der Waals surface area contributed by atoms with Crippen LogP contribution in [-0.4, -0.2) is 29.9 Å². The number of carbonyl (C=O) groups is 2. The molecule has 1 aromatic heterocycles. The van der Waals surface area contributed by atoms with E-state index in [4.69, 9.17) is 16.3 Å². The van der Waals surface area contributed by atoms with Crippen LogP contribution < -0.4 is 10.6 Å². The number of ether oxygens (including phenoxy) is 1. The first-order valence-electron chi connectivity index (χ1n) is 9.02. The van der Waals surface area contributed by atoms with Crippen LogP contribution in [0.15, 0.2) is 77.9 Å². The first-order valence-corrected chi connectivity index (χ1v) is 9.39. The molecule has 30 heavy (non-hydrogen) atoms. The molecule has 0 aliphatic heterocycles. The molecule has 0 aliphatic rings. The molecule has 0 radical (unpaired) electrons. The second kappa shape index (κ2) is 10.2. The van der Waals surface area contributed by atoms with Gasteiger partial charge in [0.25, 0.3) is 5.91 Å². The molecule has 2 aromatic carbocycles. The first-order chi connectivity index (χ1) is 14.5. The molecule has 0 bridgehead atoms. The number of hydrogen-bond acceptors (Lipinski definition) is 5. The van der Waals surface area contributed by atoms with E-state index in [2.05, 4.69) is 20.6 Å². The van der Waals surface area contributed by atoms with Gasteiger partial charge in [0.15, 0.2) is 0 Å². The number of anilines is 1. The Balaban J connectivity index is 1.82. The average molecular weight is 423 g/mol. The molecule has 3 aromatic rings. The maximum Gasteiger partial charge on any atom is 0.337 e. The highest BCUT2D eigenvalue weighted by molar-refractivity contribution is 6.30. The molecule has 152 valence electrons. The number of pyridine rings is 1. The van der Waals surface area contributed by atoms with Gasteiger partial charge >= 0.3 is 5.97 Å². The van der Waals surface area contributed by atoms with Crippen molar-refractivity contribution in [1.82, 2.24) is 10.3 Å². The first kappa shape index (κ1) is 21.0. The topological polar surface area (TPSA) is 92.7 Å². The van der Waals surface area contributed by atoms with Crippen LogP contribution in [0.2, 0.25) is 5.02 Å². The van der Waals surface area contributed by atoms with Gasteiger partial charge in [-0.05, 0) is 54.6 Å². The summed E-state index contributed by atoms with van der Waals surface area (Å²) in [7, 11) is 1.31. The Hall–Kier alpha value is -3.71. The number of esters is 1. The lowest BCUT2D eigenvalue weighted by Gasteiger charge is -2.12. The number of halogens is 1. The SMILES string of the molecule is COC(=O)c1cccc(NC(=NCc2ccccn2)NC(=O)c2ccc(Cl)cc2)c1. The van der Waals surface area contributed by atoms with Crippen molar-refractivity contribution < 1.29 is 14.3 Å². The second-order valence-corrected chi connectivity index (χ2v) is 6.58. The molecular weight excluding hydrogens is 404 g/mol. The van der Waals surface area contributed by atoms with E-state index in [1.807, 2.05) is 18.2 Å². The summed E-state index contributed by atoms with van der Waals surface area (Å²) in [6.45, 7) is 0.251. The lowest BCUT2D eigenvalue weighted by Crippen LogP contribution is -2.36. The van der Waals surface area contributed by atoms with Crippen LogP contribution in [0.3, 0.4) is 0 Å². The van der Waals surface area contributed by atoms with Crippen LogP contribution in [-0.2, 0) is 11.3 Å². The predicted molar refractivity (Wildman–Crippen MR) is 116 cm³/mol. The lowest BCUT2D eigenvalue weighted by molar-refractivity contribution is 0.0600. The summed E-state index contributed by atoms with van der Waals surface area (Å²) in [4.78, 5) is 33.1. The van der Waals surface area contributed by atoms with Crippen LogP contribution in [0.25, 0.3) is 0 Å². The standard InChI is InChI=1S/C22H19ClN4O3/c1-30-21(29)16-5-4-7-18(13-16)26-22(25-14-19-6-2-3-12-24-19)27-20(28)15-8-10-17(23)11-9-15/h2-13H,14H2,1H3,(H2,25,26,27,28). The summed E-state index contributed by atoms with van der Waals surface area (Å²) in [5, 5.41) is 6.32. The van der Waals surface area contributed by atoms with Crippen molar-refractivity contribution in [1.29, 1.82) is 0 Å². The van der Waals surface area contributed by atoms with Gasteiger partial charge in [0.1, 0.15) is 0 Å². The number of hydrogen-bond donors (Lipinski definition) is 2. The molecule has 3 rings (SSSR count). The fourth-order valence-electron chi connectivity index (χ4n) is 2.52. The molecule has 2 N–H and O–H groups in total. The van der Waals surface area contributed by atoms with Crippen molar-refractivity contribution >= 4 is 35.1 Å². The maximum absolute atomic E-state index is 12.6. The van der Waals surface area contributed by atoms with E-state index in [1.165, 1.54) is 7.11 Å². The number of carbonyl (C=O) groups excluding carboxylic acids is 2. The van der Waals surface area contributed by atoms with Crippen LogP contribution in [0.1, 0.15) is 26.4 Å². The molecule has 0 unspecified atom stereocenters. The van der Waals surface area contributed by atoms with Gasteiger partial charge in [0, 0.05) is 22.5 Å². The molecule has 0 atom stereocenters. The number of guanidine groups is 1. The molecule has 1 heterocycles. The summed E-state index contributed by atoms with van der Waals surface area (Å²) in [5.41, 5.74) is 2.10. The molecule has 1 amide bonds. The monoisotopic (exact) mass is 422 g/mol. The number of aromatic nitrogens is 1. The van der Waals surface area contributed by atoms with E-state index in [1.54, 1.807) is 54.7 Å². The van der Waals surface area contributed by atoms with Crippen molar-refractivity contribution in [2.45, 2.75) is 6.54 Å². The Labute approximate surface area is 178 Å². The minimum absolute atomic E-state index is 0.211. The molecule has 0 saturated carbocycles.